The van der Waals surface area contributed by atoms with E-state index in [2.05, 4.69) is 5.32 Å². The predicted molar refractivity (Wildman–Crippen MR) is 106 cm³/mol. The number of carbonyl (C=O) groups is 1. The van der Waals surface area contributed by atoms with Crippen molar-refractivity contribution in [3.05, 3.63) is 59.9 Å². The second kappa shape index (κ2) is 10.1. The summed E-state index contributed by atoms with van der Waals surface area (Å²) in [5.41, 5.74) is 1.08. The van der Waals surface area contributed by atoms with Crippen molar-refractivity contribution in [2.24, 2.45) is 0 Å². The van der Waals surface area contributed by atoms with Gasteiger partial charge in [0.1, 0.15) is 23.9 Å². The number of hydrogen-bond acceptors (Lipinski definition) is 4. The van der Waals surface area contributed by atoms with Gasteiger partial charge in [-0.2, -0.15) is 0 Å². The molecule has 28 heavy (non-hydrogen) atoms. The first kappa shape index (κ1) is 20.1. The lowest BCUT2D eigenvalue weighted by Crippen LogP contribution is -2.35. The van der Waals surface area contributed by atoms with E-state index >= 15 is 0 Å². The Morgan fingerprint density at radius 1 is 1.14 bits per heavy atom. The highest BCUT2D eigenvalue weighted by Gasteiger charge is 2.30. The number of amides is 1. The molecule has 6 heteroatoms. The maximum Gasteiger partial charge on any atom is 0.223 e. The summed E-state index contributed by atoms with van der Waals surface area (Å²) in [4.78, 5) is 14.3. The average Bonchev–Trinajstić information content (AvgIpc) is 3.05. The van der Waals surface area contributed by atoms with Crippen LogP contribution in [0.3, 0.4) is 0 Å². The normalized spacial score (nSPS) is 16.4. The molecule has 1 saturated heterocycles. The third-order valence-electron chi connectivity index (χ3n) is 4.96. The molecule has 0 aromatic heterocycles. The number of halogens is 1. The molecule has 2 aromatic rings. The van der Waals surface area contributed by atoms with E-state index in [1.54, 1.807) is 19.2 Å². The van der Waals surface area contributed by atoms with Crippen LogP contribution in [0.15, 0.2) is 48.5 Å². The van der Waals surface area contributed by atoms with E-state index in [9.17, 15) is 9.18 Å². The lowest BCUT2D eigenvalue weighted by molar-refractivity contribution is -0.129. The van der Waals surface area contributed by atoms with Crippen molar-refractivity contribution in [3.63, 3.8) is 0 Å². The molecule has 1 fully saturated rings. The standard InChI is InChI=1S/C22H27FN2O3/c1-27-21-4-2-3-17(15-21)16-25-19(7-10-22(25)26)11-12-24-13-14-28-20-8-5-18(23)6-9-20/h2-6,8-9,15,19,24H,7,10-14,16H2,1H3/t19-/m0/s1. The number of nitrogens with one attached hydrogen (secondary N) is 1. The number of methoxy groups -OCH3 is 1. The Hall–Kier alpha value is -2.60. The van der Waals surface area contributed by atoms with Crippen molar-refractivity contribution in [1.82, 2.24) is 10.2 Å². The van der Waals surface area contributed by atoms with Gasteiger partial charge in [-0.25, -0.2) is 4.39 Å². The molecule has 2 aromatic carbocycles. The molecule has 1 heterocycles. The minimum Gasteiger partial charge on any atom is -0.497 e. The van der Waals surface area contributed by atoms with Crippen LogP contribution in [0.1, 0.15) is 24.8 Å². The molecule has 1 amide bonds. The monoisotopic (exact) mass is 386 g/mol. The summed E-state index contributed by atoms with van der Waals surface area (Å²) >= 11 is 0. The van der Waals surface area contributed by atoms with E-state index in [0.717, 1.165) is 30.7 Å². The van der Waals surface area contributed by atoms with Crippen LogP contribution in [0.25, 0.3) is 0 Å². The van der Waals surface area contributed by atoms with E-state index in [1.807, 2.05) is 29.2 Å². The largest absolute Gasteiger partial charge is 0.497 e. The molecule has 5 nitrogen and oxygen atoms in total. The number of ether oxygens (including phenoxy) is 2. The number of carbonyl (C=O) groups excluding carboxylic acids is 1. The Bertz CT molecular complexity index is 767. The fraction of sp³-hybridized carbons (Fsp3) is 0.409. The van der Waals surface area contributed by atoms with Crippen LogP contribution in [-0.4, -0.2) is 43.7 Å². The van der Waals surface area contributed by atoms with Gasteiger partial charge >= 0.3 is 0 Å². The molecular formula is C22H27FN2O3. The first-order valence-electron chi connectivity index (χ1n) is 9.67. The highest BCUT2D eigenvalue weighted by Crippen LogP contribution is 2.24. The average molecular weight is 386 g/mol. The predicted octanol–water partition coefficient (Wildman–Crippen LogP) is 3.38. The van der Waals surface area contributed by atoms with Gasteiger partial charge in [0, 0.05) is 25.6 Å². The lowest BCUT2D eigenvalue weighted by atomic mass is 10.1. The molecule has 1 aliphatic rings. The molecule has 0 bridgehead atoms. The van der Waals surface area contributed by atoms with Crippen LogP contribution in [-0.2, 0) is 11.3 Å². The van der Waals surface area contributed by atoms with Crippen molar-refractivity contribution >= 4 is 5.91 Å². The van der Waals surface area contributed by atoms with E-state index in [-0.39, 0.29) is 17.8 Å². The van der Waals surface area contributed by atoms with Gasteiger partial charge in [0.25, 0.3) is 0 Å². The summed E-state index contributed by atoms with van der Waals surface area (Å²) in [6, 6.07) is 14.1. The van der Waals surface area contributed by atoms with Crippen molar-refractivity contribution in [2.75, 3.05) is 26.8 Å². The zero-order valence-electron chi connectivity index (χ0n) is 16.2. The van der Waals surface area contributed by atoms with Crippen LogP contribution < -0.4 is 14.8 Å². The van der Waals surface area contributed by atoms with E-state index in [4.69, 9.17) is 9.47 Å². The van der Waals surface area contributed by atoms with Crippen LogP contribution in [0.5, 0.6) is 11.5 Å². The molecule has 3 rings (SSSR count). The smallest absolute Gasteiger partial charge is 0.223 e. The van der Waals surface area contributed by atoms with Gasteiger partial charge in [-0.15, -0.1) is 0 Å². The van der Waals surface area contributed by atoms with Crippen molar-refractivity contribution < 1.29 is 18.7 Å². The zero-order chi connectivity index (χ0) is 19.8. The SMILES string of the molecule is COc1cccc(CN2C(=O)CC[C@H]2CCNCCOc2ccc(F)cc2)c1. The quantitative estimate of drug-likeness (QED) is 0.636. The highest BCUT2D eigenvalue weighted by molar-refractivity contribution is 5.78. The van der Waals surface area contributed by atoms with Gasteiger partial charge in [0.15, 0.2) is 0 Å². The third kappa shape index (κ3) is 5.70. The Labute approximate surface area is 165 Å². The molecule has 0 spiro atoms. The Morgan fingerprint density at radius 3 is 2.75 bits per heavy atom. The van der Waals surface area contributed by atoms with E-state index in [0.29, 0.717) is 31.9 Å². The van der Waals surface area contributed by atoms with Crippen LogP contribution in [0.2, 0.25) is 0 Å². The topological polar surface area (TPSA) is 50.8 Å². The molecule has 0 radical (unpaired) electrons. The Morgan fingerprint density at radius 2 is 1.96 bits per heavy atom. The molecular weight excluding hydrogens is 359 g/mol. The molecule has 150 valence electrons. The zero-order valence-corrected chi connectivity index (χ0v) is 16.2. The number of likely N-dealkylation sites (tertiary alicyclic amines) is 1. The fourth-order valence-electron chi connectivity index (χ4n) is 3.44. The van der Waals surface area contributed by atoms with Crippen molar-refractivity contribution in [3.8, 4) is 11.5 Å². The molecule has 0 aliphatic carbocycles. The molecule has 1 atom stereocenters. The first-order chi connectivity index (χ1) is 13.7. The van der Waals surface area contributed by atoms with Gasteiger partial charge in [-0.1, -0.05) is 12.1 Å². The molecule has 1 aliphatic heterocycles. The van der Waals surface area contributed by atoms with Gasteiger partial charge in [-0.3, -0.25) is 4.79 Å². The third-order valence-corrected chi connectivity index (χ3v) is 4.96. The van der Waals surface area contributed by atoms with Crippen molar-refractivity contribution in [1.29, 1.82) is 0 Å². The highest BCUT2D eigenvalue weighted by atomic mass is 19.1. The summed E-state index contributed by atoms with van der Waals surface area (Å²) in [6.07, 6.45) is 2.42. The summed E-state index contributed by atoms with van der Waals surface area (Å²) in [7, 11) is 1.65. The maximum atomic E-state index is 12.9. The molecule has 1 N–H and O–H groups in total. The molecule has 0 saturated carbocycles. The van der Waals surface area contributed by atoms with Gasteiger partial charge in [-0.05, 0) is 61.3 Å². The Kier molecular flexibility index (Phi) is 7.25. The van der Waals surface area contributed by atoms with Crippen LogP contribution in [0, 0.1) is 5.82 Å². The van der Waals surface area contributed by atoms with Crippen LogP contribution >= 0.6 is 0 Å². The van der Waals surface area contributed by atoms with Gasteiger partial charge in [0.2, 0.25) is 5.91 Å². The minimum absolute atomic E-state index is 0.215. The summed E-state index contributed by atoms with van der Waals surface area (Å²) in [6.45, 7) is 2.66. The fourth-order valence-corrected chi connectivity index (χ4v) is 3.44. The summed E-state index contributed by atoms with van der Waals surface area (Å²) in [5, 5.41) is 3.35. The van der Waals surface area contributed by atoms with Crippen molar-refractivity contribution in [2.45, 2.75) is 31.8 Å². The summed E-state index contributed by atoms with van der Waals surface area (Å²) < 4.78 is 23.7. The van der Waals surface area contributed by atoms with Crippen LogP contribution in [0.4, 0.5) is 4.39 Å². The summed E-state index contributed by atoms with van der Waals surface area (Å²) in [5.74, 6) is 1.42. The number of benzene rings is 2. The number of hydrogen-bond donors (Lipinski definition) is 1. The van der Waals surface area contributed by atoms with Gasteiger partial charge in [0.05, 0.1) is 7.11 Å². The number of nitrogens with zero attached hydrogens (tertiary/aromatic N) is 1. The maximum absolute atomic E-state index is 12.9. The van der Waals surface area contributed by atoms with E-state index < -0.39 is 0 Å². The van der Waals surface area contributed by atoms with Gasteiger partial charge < -0.3 is 19.7 Å². The first-order valence-corrected chi connectivity index (χ1v) is 9.67. The van der Waals surface area contributed by atoms with E-state index in [1.165, 1.54) is 12.1 Å². The number of rotatable bonds is 10. The second-order valence-electron chi connectivity index (χ2n) is 6.91. The second-order valence-corrected chi connectivity index (χ2v) is 6.91. The molecule has 0 unspecified atom stereocenters. The minimum atomic E-state index is -0.268. The Balaban J connectivity index is 1.39. The lowest BCUT2D eigenvalue weighted by Gasteiger charge is -2.25.